The van der Waals surface area contributed by atoms with Crippen LogP contribution < -0.4 is 10.6 Å². The van der Waals surface area contributed by atoms with Crippen molar-refractivity contribution in [3.8, 4) is 6.07 Å². The van der Waals surface area contributed by atoms with Gasteiger partial charge in [-0.3, -0.25) is 4.79 Å². The van der Waals surface area contributed by atoms with Crippen LogP contribution in [0, 0.1) is 18.3 Å². The Balaban J connectivity index is 1.70. The second-order valence-corrected chi connectivity index (χ2v) is 5.96. The zero-order valence-electron chi connectivity index (χ0n) is 13.8. The minimum absolute atomic E-state index is 0.311. The van der Waals surface area contributed by atoms with E-state index in [2.05, 4.69) is 20.6 Å². The number of nitrogens with zero attached hydrogens (tertiary/aromatic N) is 3. The summed E-state index contributed by atoms with van der Waals surface area (Å²) >= 11 is 5.94. The molecule has 3 aromatic rings. The molecule has 0 saturated heterocycles. The van der Waals surface area contributed by atoms with Gasteiger partial charge in [0.2, 0.25) is 5.95 Å². The molecule has 0 aliphatic heterocycles. The van der Waals surface area contributed by atoms with Crippen LogP contribution in [0.25, 0.3) is 0 Å². The van der Waals surface area contributed by atoms with Crippen molar-refractivity contribution in [2.45, 2.75) is 6.92 Å². The lowest BCUT2D eigenvalue weighted by atomic mass is 10.2. The summed E-state index contributed by atoms with van der Waals surface area (Å²) in [6.07, 6.45) is 2.87. The molecule has 1 amide bonds. The highest BCUT2D eigenvalue weighted by Crippen LogP contribution is 2.22. The van der Waals surface area contributed by atoms with Gasteiger partial charge >= 0.3 is 0 Å². The van der Waals surface area contributed by atoms with Crippen molar-refractivity contribution in [1.29, 1.82) is 5.26 Å². The summed E-state index contributed by atoms with van der Waals surface area (Å²) < 4.78 is 0. The highest BCUT2D eigenvalue weighted by molar-refractivity contribution is 6.30. The summed E-state index contributed by atoms with van der Waals surface area (Å²) in [6, 6.07) is 14.1. The van der Waals surface area contributed by atoms with Crippen LogP contribution in [0.2, 0.25) is 5.02 Å². The molecule has 0 bridgehead atoms. The predicted octanol–water partition coefficient (Wildman–Crippen LogP) is 4.31. The van der Waals surface area contributed by atoms with E-state index in [4.69, 9.17) is 16.9 Å². The van der Waals surface area contributed by atoms with Crippen LogP contribution in [-0.2, 0) is 0 Å². The van der Waals surface area contributed by atoms with Gasteiger partial charge in [-0.25, -0.2) is 9.97 Å². The standard InChI is InChI=1S/C19H14ClN5O/c1-12-7-15(20)5-6-17(12)25-19-22-10-14(11-23-19)18(26)24-16-4-2-3-13(8-16)9-21/h2-8,10-11H,1H3,(H,24,26)(H,22,23,25). The highest BCUT2D eigenvalue weighted by Gasteiger charge is 2.09. The van der Waals surface area contributed by atoms with Gasteiger partial charge in [0.15, 0.2) is 0 Å². The van der Waals surface area contributed by atoms with E-state index in [0.717, 1.165) is 11.3 Å². The molecule has 2 aromatic carbocycles. The largest absolute Gasteiger partial charge is 0.324 e. The summed E-state index contributed by atoms with van der Waals surface area (Å²) in [5, 5.41) is 15.4. The number of aryl methyl sites for hydroxylation is 1. The van der Waals surface area contributed by atoms with Gasteiger partial charge in [0.05, 0.1) is 17.2 Å². The van der Waals surface area contributed by atoms with Gasteiger partial charge in [0.25, 0.3) is 5.91 Å². The van der Waals surface area contributed by atoms with Crippen LogP contribution in [0.15, 0.2) is 54.9 Å². The van der Waals surface area contributed by atoms with E-state index in [-0.39, 0.29) is 5.91 Å². The fourth-order valence-electron chi connectivity index (χ4n) is 2.27. The fraction of sp³-hybridized carbons (Fsp3) is 0.0526. The molecule has 128 valence electrons. The molecule has 0 atom stereocenters. The van der Waals surface area contributed by atoms with E-state index >= 15 is 0 Å². The van der Waals surface area contributed by atoms with Crippen molar-refractivity contribution < 1.29 is 4.79 Å². The van der Waals surface area contributed by atoms with E-state index in [0.29, 0.717) is 27.8 Å². The lowest BCUT2D eigenvalue weighted by Gasteiger charge is -2.09. The van der Waals surface area contributed by atoms with E-state index in [1.165, 1.54) is 12.4 Å². The summed E-state index contributed by atoms with van der Waals surface area (Å²) in [4.78, 5) is 20.6. The average Bonchev–Trinajstić information content (AvgIpc) is 2.64. The molecule has 6 nitrogen and oxygen atoms in total. The number of rotatable bonds is 4. The molecule has 2 N–H and O–H groups in total. The lowest BCUT2D eigenvalue weighted by molar-refractivity contribution is 0.102. The van der Waals surface area contributed by atoms with Gasteiger partial charge in [-0.15, -0.1) is 0 Å². The molecular weight excluding hydrogens is 350 g/mol. The molecule has 7 heteroatoms. The number of anilines is 3. The van der Waals surface area contributed by atoms with Crippen molar-refractivity contribution in [1.82, 2.24) is 9.97 Å². The Morgan fingerprint density at radius 1 is 1.15 bits per heavy atom. The maximum Gasteiger partial charge on any atom is 0.258 e. The van der Waals surface area contributed by atoms with Crippen LogP contribution in [0.5, 0.6) is 0 Å². The van der Waals surface area contributed by atoms with Crippen LogP contribution in [0.3, 0.4) is 0 Å². The molecule has 1 aromatic heterocycles. The Morgan fingerprint density at radius 2 is 1.92 bits per heavy atom. The van der Waals surface area contributed by atoms with E-state index in [1.807, 2.05) is 25.1 Å². The van der Waals surface area contributed by atoms with Crippen molar-refractivity contribution >= 4 is 34.8 Å². The van der Waals surface area contributed by atoms with Crippen molar-refractivity contribution in [2.24, 2.45) is 0 Å². The molecule has 26 heavy (non-hydrogen) atoms. The molecule has 0 aliphatic rings. The first-order valence-electron chi connectivity index (χ1n) is 7.72. The Bertz CT molecular complexity index is 996. The normalized spacial score (nSPS) is 10.0. The van der Waals surface area contributed by atoms with E-state index < -0.39 is 0 Å². The molecule has 0 aliphatic carbocycles. The van der Waals surface area contributed by atoms with Gasteiger partial charge in [-0.1, -0.05) is 17.7 Å². The summed E-state index contributed by atoms with van der Waals surface area (Å²) in [5.41, 5.74) is 3.11. The summed E-state index contributed by atoms with van der Waals surface area (Å²) in [5.74, 6) is 0.0211. The summed E-state index contributed by atoms with van der Waals surface area (Å²) in [6.45, 7) is 1.92. The highest BCUT2D eigenvalue weighted by atomic mass is 35.5. The first-order valence-corrected chi connectivity index (χ1v) is 8.10. The quantitative estimate of drug-likeness (QED) is 0.720. The van der Waals surface area contributed by atoms with Crippen LogP contribution in [0.4, 0.5) is 17.3 Å². The van der Waals surface area contributed by atoms with Crippen LogP contribution in [-0.4, -0.2) is 15.9 Å². The Hall–Kier alpha value is -3.43. The minimum Gasteiger partial charge on any atom is -0.324 e. The molecule has 0 fully saturated rings. The number of nitrogens with one attached hydrogen (secondary N) is 2. The minimum atomic E-state index is -0.352. The molecule has 0 saturated carbocycles. The molecule has 0 unspecified atom stereocenters. The van der Waals surface area contributed by atoms with Gasteiger partial charge in [-0.2, -0.15) is 5.26 Å². The second kappa shape index (κ2) is 7.64. The maximum atomic E-state index is 12.3. The van der Waals surface area contributed by atoms with Gasteiger partial charge in [0, 0.05) is 28.8 Å². The van der Waals surface area contributed by atoms with E-state index in [1.54, 1.807) is 30.3 Å². The zero-order valence-corrected chi connectivity index (χ0v) is 14.6. The van der Waals surface area contributed by atoms with E-state index in [9.17, 15) is 4.79 Å². The van der Waals surface area contributed by atoms with Crippen LogP contribution in [0.1, 0.15) is 21.5 Å². The Morgan fingerprint density at radius 3 is 2.62 bits per heavy atom. The molecule has 3 rings (SSSR count). The number of carbonyl (C=O) groups is 1. The number of amides is 1. The third-order valence-corrected chi connectivity index (χ3v) is 3.83. The number of benzene rings is 2. The monoisotopic (exact) mass is 363 g/mol. The number of halogens is 1. The average molecular weight is 364 g/mol. The first kappa shape index (κ1) is 17.4. The number of hydrogen-bond donors (Lipinski definition) is 2. The second-order valence-electron chi connectivity index (χ2n) is 5.53. The lowest BCUT2D eigenvalue weighted by Crippen LogP contribution is -2.13. The van der Waals surface area contributed by atoms with Crippen molar-refractivity contribution in [2.75, 3.05) is 10.6 Å². The van der Waals surface area contributed by atoms with Crippen molar-refractivity contribution in [3.05, 3.63) is 76.6 Å². The number of aromatic nitrogens is 2. The first-order chi connectivity index (χ1) is 12.5. The van der Waals surface area contributed by atoms with Crippen LogP contribution >= 0.6 is 11.6 Å². The number of hydrogen-bond acceptors (Lipinski definition) is 5. The fourth-order valence-corrected chi connectivity index (χ4v) is 2.49. The topological polar surface area (TPSA) is 90.7 Å². The third-order valence-electron chi connectivity index (χ3n) is 3.60. The SMILES string of the molecule is Cc1cc(Cl)ccc1Nc1ncc(C(=O)Nc2cccc(C#N)c2)cn1. The Kier molecular flexibility index (Phi) is 5.11. The third kappa shape index (κ3) is 4.15. The molecule has 0 radical (unpaired) electrons. The summed E-state index contributed by atoms with van der Waals surface area (Å²) in [7, 11) is 0. The predicted molar refractivity (Wildman–Crippen MR) is 101 cm³/mol. The number of carbonyl (C=O) groups excluding carboxylic acids is 1. The maximum absolute atomic E-state index is 12.3. The van der Waals surface area contributed by atoms with Gasteiger partial charge < -0.3 is 10.6 Å². The molecule has 0 spiro atoms. The Labute approximate surface area is 155 Å². The number of nitriles is 1. The molecule has 1 heterocycles. The smallest absolute Gasteiger partial charge is 0.258 e. The van der Waals surface area contributed by atoms with Crippen molar-refractivity contribution in [3.63, 3.8) is 0 Å². The van der Waals surface area contributed by atoms with Gasteiger partial charge in [0.1, 0.15) is 0 Å². The molecular formula is C19H14ClN5O. The zero-order chi connectivity index (χ0) is 18.5. The van der Waals surface area contributed by atoms with Gasteiger partial charge in [-0.05, 0) is 48.9 Å².